The number of hydrogen-bond donors (Lipinski definition) is 0. The van der Waals surface area contributed by atoms with E-state index >= 15 is 0 Å². The van der Waals surface area contributed by atoms with E-state index in [-0.39, 0.29) is 5.91 Å². The number of oxazole rings is 1. The number of carbonyl (C=O) groups excluding carboxylic acids is 1. The smallest absolute Gasteiger partial charge is 0.276 e. The fraction of sp³-hybridized carbons (Fsp3) is 0.565. The van der Waals surface area contributed by atoms with Crippen molar-refractivity contribution in [3.63, 3.8) is 0 Å². The Kier molecular flexibility index (Phi) is 6.10. The van der Waals surface area contributed by atoms with Crippen LogP contribution < -0.4 is 0 Å². The highest BCUT2D eigenvalue weighted by Crippen LogP contribution is 2.32. The normalized spacial score (nSPS) is 21.3. The van der Waals surface area contributed by atoms with Crippen LogP contribution in [0.2, 0.25) is 0 Å². The summed E-state index contributed by atoms with van der Waals surface area (Å²) in [4.78, 5) is 21.5. The molecule has 5 nitrogen and oxygen atoms in total. The van der Waals surface area contributed by atoms with Crippen LogP contribution in [0.15, 0.2) is 41.1 Å². The molecule has 28 heavy (non-hydrogen) atoms. The molecular formula is C23H31N3O2. The molecule has 3 heterocycles. The minimum absolute atomic E-state index is 0.0416. The Balaban J connectivity index is 1.24. The van der Waals surface area contributed by atoms with Crippen LogP contribution in [0.4, 0.5) is 0 Å². The number of carbonyl (C=O) groups is 1. The molecule has 0 bridgehead atoms. The van der Waals surface area contributed by atoms with Crippen molar-refractivity contribution in [1.29, 1.82) is 0 Å². The SMILES string of the molecule is CCc1ocnc1C(=O)N1CCC(C2CCN(CCc3ccccc3)C2)CC1. The zero-order chi connectivity index (χ0) is 19.3. The largest absolute Gasteiger partial charge is 0.448 e. The minimum atomic E-state index is 0.0416. The van der Waals surface area contributed by atoms with Crippen molar-refractivity contribution in [1.82, 2.24) is 14.8 Å². The summed E-state index contributed by atoms with van der Waals surface area (Å²) in [5, 5.41) is 0. The second-order valence-electron chi connectivity index (χ2n) is 8.19. The Bertz CT molecular complexity index is 765. The van der Waals surface area contributed by atoms with Crippen molar-refractivity contribution < 1.29 is 9.21 Å². The summed E-state index contributed by atoms with van der Waals surface area (Å²) in [7, 11) is 0. The van der Waals surface area contributed by atoms with E-state index in [9.17, 15) is 4.79 Å². The van der Waals surface area contributed by atoms with Crippen LogP contribution in [0.1, 0.15) is 48.0 Å². The molecule has 5 heteroatoms. The molecule has 0 saturated carbocycles. The van der Waals surface area contributed by atoms with Crippen LogP contribution in [-0.2, 0) is 12.8 Å². The third kappa shape index (κ3) is 4.30. The molecule has 2 aliphatic heterocycles. The maximum Gasteiger partial charge on any atom is 0.276 e. The molecule has 2 fully saturated rings. The summed E-state index contributed by atoms with van der Waals surface area (Å²) in [6.45, 7) is 7.28. The van der Waals surface area contributed by atoms with Crippen LogP contribution in [0, 0.1) is 11.8 Å². The van der Waals surface area contributed by atoms with Crippen LogP contribution in [0.3, 0.4) is 0 Å². The summed E-state index contributed by atoms with van der Waals surface area (Å²) < 4.78 is 5.33. The molecule has 1 amide bonds. The maximum atomic E-state index is 12.7. The molecule has 150 valence electrons. The quantitative estimate of drug-likeness (QED) is 0.766. The van der Waals surface area contributed by atoms with Gasteiger partial charge in [-0.25, -0.2) is 4.98 Å². The molecule has 1 atom stereocenters. The molecule has 1 aromatic heterocycles. The first-order valence-corrected chi connectivity index (χ1v) is 10.7. The number of benzene rings is 1. The first-order chi connectivity index (χ1) is 13.7. The van der Waals surface area contributed by atoms with Crippen LogP contribution >= 0.6 is 0 Å². The zero-order valence-electron chi connectivity index (χ0n) is 16.8. The molecule has 1 unspecified atom stereocenters. The highest BCUT2D eigenvalue weighted by Gasteiger charge is 2.33. The fourth-order valence-electron chi connectivity index (χ4n) is 4.80. The second kappa shape index (κ2) is 8.91. The predicted molar refractivity (Wildman–Crippen MR) is 109 cm³/mol. The van der Waals surface area contributed by atoms with E-state index < -0.39 is 0 Å². The van der Waals surface area contributed by atoms with E-state index in [1.807, 2.05) is 11.8 Å². The Morgan fingerprint density at radius 3 is 2.61 bits per heavy atom. The number of rotatable bonds is 6. The molecule has 0 spiro atoms. The molecule has 2 aliphatic rings. The Morgan fingerprint density at radius 2 is 1.86 bits per heavy atom. The lowest BCUT2D eigenvalue weighted by molar-refractivity contribution is 0.0652. The van der Waals surface area contributed by atoms with Gasteiger partial charge in [0.05, 0.1) is 0 Å². The number of likely N-dealkylation sites (tertiary alicyclic amines) is 2. The summed E-state index contributed by atoms with van der Waals surface area (Å²) in [6, 6.07) is 10.8. The number of hydrogen-bond acceptors (Lipinski definition) is 4. The summed E-state index contributed by atoms with van der Waals surface area (Å²) in [5.41, 5.74) is 1.94. The Hall–Kier alpha value is -2.14. The average molecular weight is 382 g/mol. The topological polar surface area (TPSA) is 49.6 Å². The maximum absolute atomic E-state index is 12.7. The van der Waals surface area contributed by atoms with Gasteiger partial charge in [0.25, 0.3) is 5.91 Å². The summed E-state index contributed by atoms with van der Waals surface area (Å²) in [6.07, 6.45) is 6.76. The standard InChI is InChI=1S/C23H31N3O2/c1-2-21-22(24-17-28-21)23(27)26-14-10-19(11-15-26)20-9-13-25(16-20)12-8-18-6-4-3-5-7-18/h3-7,17,19-20H,2,8-16H2,1H3. The van der Waals surface area contributed by atoms with Crippen LogP contribution in [0.25, 0.3) is 0 Å². The van der Waals surface area contributed by atoms with E-state index in [2.05, 4.69) is 40.2 Å². The first-order valence-electron chi connectivity index (χ1n) is 10.7. The minimum Gasteiger partial charge on any atom is -0.448 e. The molecular weight excluding hydrogens is 350 g/mol. The van der Waals surface area contributed by atoms with Gasteiger partial charge in [0.15, 0.2) is 12.1 Å². The van der Waals surface area contributed by atoms with Gasteiger partial charge in [-0.2, -0.15) is 0 Å². The van der Waals surface area contributed by atoms with E-state index in [0.717, 1.165) is 50.7 Å². The van der Waals surface area contributed by atoms with Gasteiger partial charge in [0, 0.05) is 32.6 Å². The van der Waals surface area contributed by atoms with Crippen molar-refractivity contribution in [3.05, 3.63) is 53.7 Å². The van der Waals surface area contributed by atoms with Crippen molar-refractivity contribution in [2.45, 2.75) is 39.0 Å². The van der Waals surface area contributed by atoms with Gasteiger partial charge in [-0.3, -0.25) is 4.79 Å². The summed E-state index contributed by atoms with van der Waals surface area (Å²) in [5.74, 6) is 2.27. The summed E-state index contributed by atoms with van der Waals surface area (Å²) >= 11 is 0. The lowest BCUT2D eigenvalue weighted by atomic mass is 9.83. The average Bonchev–Trinajstić information content (AvgIpc) is 3.42. The molecule has 0 radical (unpaired) electrons. The van der Waals surface area contributed by atoms with Gasteiger partial charge in [-0.1, -0.05) is 37.3 Å². The first kappa shape index (κ1) is 19.2. The van der Waals surface area contributed by atoms with Gasteiger partial charge in [-0.05, 0) is 49.6 Å². The molecule has 4 rings (SSSR count). The lowest BCUT2D eigenvalue weighted by Gasteiger charge is -2.34. The Labute approximate surface area is 167 Å². The van der Waals surface area contributed by atoms with E-state index in [1.165, 1.54) is 31.5 Å². The molecule has 2 saturated heterocycles. The number of nitrogens with zero attached hydrogens (tertiary/aromatic N) is 3. The molecule has 2 aromatic rings. The molecule has 0 aliphatic carbocycles. The van der Waals surface area contributed by atoms with Gasteiger partial charge in [-0.15, -0.1) is 0 Å². The van der Waals surface area contributed by atoms with Crippen LogP contribution in [0.5, 0.6) is 0 Å². The Morgan fingerprint density at radius 1 is 1.11 bits per heavy atom. The van der Waals surface area contributed by atoms with Gasteiger partial charge >= 0.3 is 0 Å². The van der Waals surface area contributed by atoms with E-state index in [0.29, 0.717) is 17.9 Å². The monoisotopic (exact) mass is 381 g/mol. The van der Waals surface area contributed by atoms with Crippen molar-refractivity contribution in [2.75, 3.05) is 32.7 Å². The van der Waals surface area contributed by atoms with Crippen molar-refractivity contribution in [2.24, 2.45) is 11.8 Å². The third-order valence-electron chi connectivity index (χ3n) is 6.53. The number of aryl methyl sites for hydroxylation is 1. The molecule has 0 N–H and O–H groups in total. The van der Waals surface area contributed by atoms with E-state index in [1.54, 1.807) is 0 Å². The third-order valence-corrected chi connectivity index (χ3v) is 6.53. The fourth-order valence-corrected chi connectivity index (χ4v) is 4.80. The number of piperidine rings is 1. The van der Waals surface area contributed by atoms with Crippen molar-refractivity contribution >= 4 is 5.91 Å². The van der Waals surface area contributed by atoms with Crippen LogP contribution in [-0.4, -0.2) is 53.4 Å². The van der Waals surface area contributed by atoms with Crippen molar-refractivity contribution in [3.8, 4) is 0 Å². The van der Waals surface area contributed by atoms with Gasteiger partial charge in [0.1, 0.15) is 5.76 Å². The van der Waals surface area contributed by atoms with Gasteiger partial charge < -0.3 is 14.2 Å². The lowest BCUT2D eigenvalue weighted by Crippen LogP contribution is -2.41. The van der Waals surface area contributed by atoms with E-state index in [4.69, 9.17) is 4.42 Å². The molecule has 1 aromatic carbocycles. The highest BCUT2D eigenvalue weighted by atomic mass is 16.3. The second-order valence-corrected chi connectivity index (χ2v) is 8.19. The number of amides is 1. The number of aromatic nitrogens is 1. The highest BCUT2D eigenvalue weighted by molar-refractivity contribution is 5.93. The van der Waals surface area contributed by atoms with Gasteiger partial charge in [0.2, 0.25) is 0 Å². The predicted octanol–water partition coefficient (Wildman–Crippen LogP) is 3.65. The zero-order valence-corrected chi connectivity index (χ0v) is 16.8.